The number of rotatable bonds is 2. The summed E-state index contributed by atoms with van der Waals surface area (Å²) in [5.41, 5.74) is 1.80. The van der Waals surface area contributed by atoms with Crippen LogP contribution in [0.4, 0.5) is 11.4 Å². The van der Waals surface area contributed by atoms with Crippen molar-refractivity contribution >= 4 is 17.3 Å². The summed E-state index contributed by atoms with van der Waals surface area (Å²) in [7, 11) is 1.62. The fourth-order valence-corrected chi connectivity index (χ4v) is 2.03. The number of hydrogen-bond donors (Lipinski definition) is 1. The van der Waals surface area contributed by atoms with Crippen molar-refractivity contribution in [2.45, 2.75) is 19.9 Å². The van der Waals surface area contributed by atoms with Gasteiger partial charge in [-0.15, -0.1) is 0 Å². The Balaban J connectivity index is 2.56. The summed E-state index contributed by atoms with van der Waals surface area (Å²) in [6.07, 6.45) is 0. The predicted octanol–water partition coefficient (Wildman–Crippen LogP) is 1.86. The van der Waals surface area contributed by atoms with E-state index in [1.807, 2.05) is 32.0 Å². The van der Waals surface area contributed by atoms with E-state index in [-0.39, 0.29) is 11.9 Å². The summed E-state index contributed by atoms with van der Waals surface area (Å²) in [5.74, 6) is 0.812. The fourth-order valence-electron chi connectivity index (χ4n) is 2.03. The topological polar surface area (TPSA) is 41.6 Å². The zero-order valence-electron chi connectivity index (χ0n) is 9.78. The van der Waals surface area contributed by atoms with E-state index < -0.39 is 0 Å². The van der Waals surface area contributed by atoms with Gasteiger partial charge in [0.15, 0.2) is 0 Å². The molecule has 1 amide bonds. The van der Waals surface area contributed by atoms with Crippen LogP contribution in [0, 0.1) is 0 Å². The maximum atomic E-state index is 12.0. The van der Waals surface area contributed by atoms with Gasteiger partial charge in [-0.1, -0.05) is 6.07 Å². The van der Waals surface area contributed by atoms with Crippen LogP contribution in [0.1, 0.15) is 13.8 Å². The number of hydrogen-bond acceptors (Lipinski definition) is 3. The van der Waals surface area contributed by atoms with Gasteiger partial charge in [-0.2, -0.15) is 0 Å². The first-order valence-corrected chi connectivity index (χ1v) is 5.44. The second kappa shape index (κ2) is 4.04. The molecule has 0 aromatic heterocycles. The number of anilines is 2. The number of carbonyl (C=O) groups excluding carboxylic acids is 1. The number of methoxy groups -OCH3 is 1. The second-order valence-corrected chi connectivity index (χ2v) is 3.80. The molecule has 0 spiro atoms. The second-order valence-electron chi connectivity index (χ2n) is 3.80. The standard InChI is InChI=1S/C12H16N2O2/c1-4-14-11-9(13-8(2)12(14)15)6-5-7-10(11)16-3/h5-8,13H,4H2,1-3H3. The van der Waals surface area contributed by atoms with E-state index in [1.54, 1.807) is 12.0 Å². The van der Waals surface area contributed by atoms with Crippen molar-refractivity contribution in [3.05, 3.63) is 18.2 Å². The average molecular weight is 220 g/mol. The smallest absolute Gasteiger partial charge is 0.249 e. The van der Waals surface area contributed by atoms with E-state index in [0.717, 1.165) is 17.1 Å². The minimum Gasteiger partial charge on any atom is -0.494 e. The first-order valence-electron chi connectivity index (χ1n) is 5.44. The SMILES string of the molecule is CCN1C(=O)C(C)Nc2cccc(OC)c21. The van der Waals surface area contributed by atoms with E-state index >= 15 is 0 Å². The molecular formula is C12H16N2O2. The van der Waals surface area contributed by atoms with Gasteiger partial charge in [0.25, 0.3) is 0 Å². The number of nitrogens with zero attached hydrogens (tertiary/aromatic N) is 1. The Bertz CT molecular complexity index is 417. The number of fused-ring (bicyclic) bond motifs is 1. The lowest BCUT2D eigenvalue weighted by Gasteiger charge is -2.34. The third-order valence-electron chi connectivity index (χ3n) is 2.81. The summed E-state index contributed by atoms with van der Waals surface area (Å²) in [6.45, 7) is 4.48. The van der Waals surface area contributed by atoms with E-state index in [0.29, 0.717) is 6.54 Å². The lowest BCUT2D eigenvalue weighted by atomic mass is 10.1. The highest BCUT2D eigenvalue weighted by molar-refractivity contribution is 6.06. The van der Waals surface area contributed by atoms with E-state index in [4.69, 9.17) is 4.74 Å². The predicted molar refractivity (Wildman–Crippen MR) is 64.1 cm³/mol. The van der Waals surface area contributed by atoms with Gasteiger partial charge in [-0.3, -0.25) is 4.79 Å². The molecule has 4 heteroatoms. The molecule has 4 nitrogen and oxygen atoms in total. The van der Waals surface area contributed by atoms with Crippen molar-refractivity contribution in [3.8, 4) is 5.75 Å². The van der Waals surface area contributed by atoms with Crippen LogP contribution in [0.5, 0.6) is 5.75 Å². The third kappa shape index (κ3) is 1.50. The average Bonchev–Trinajstić information content (AvgIpc) is 2.30. The van der Waals surface area contributed by atoms with Crippen LogP contribution < -0.4 is 15.0 Å². The van der Waals surface area contributed by atoms with Gasteiger partial charge in [-0.25, -0.2) is 0 Å². The normalized spacial score (nSPS) is 19.1. The third-order valence-corrected chi connectivity index (χ3v) is 2.81. The summed E-state index contributed by atoms with van der Waals surface area (Å²) < 4.78 is 5.29. The number of amides is 1. The van der Waals surface area contributed by atoms with Gasteiger partial charge < -0.3 is 15.0 Å². The lowest BCUT2D eigenvalue weighted by Crippen LogP contribution is -2.45. The monoisotopic (exact) mass is 220 g/mol. The molecule has 1 aliphatic rings. The zero-order chi connectivity index (χ0) is 11.7. The molecule has 0 bridgehead atoms. The van der Waals surface area contributed by atoms with Gasteiger partial charge in [0, 0.05) is 6.54 Å². The Morgan fingerprint density at radius 3 is 2.88 bits per heavy atom. The zero-order valence-corrected chi connectivity index (χ0v) is 9.78. The maximum absolute atomic E-state index is 12.0. The largest absolute Gasteiger partial charge is 0.494 e. The number of carbonyl (C=O) groups is 1. The van der Waals surface area contributed by atoms with E-state index in [1.165, 1.54) is 0 Å². The van der Waals surface area contributed by atoms with Crippen molar-refractivity contribution in [2.75, 3.05) is 23.9 Å². The summed E-state index contributed by atoms with van der Waals surface area (Å²) in [6, 6.07) is 5.57. The number of likely N-dealkylation sites (N-methyl/N-ethyl adjacent to an activating group) is 1. The van der Waals surface area contributed by atoms with E-state index in [9.17, 15) is 4.79 Å². The van der Waals surface area contributed by atoms with Gasteiger partial charge >= 0.3 is 0 Å². The lowest BCUT2D eigenvalue weighted by molar-refractivity contribution is -0.119. The molecular weight excluding hydrogens is 204 g/mol. The Morgan fingerprint density at radius 2 is 2.25 bits per heavy atom. The minimum absolute atomic E-state index is 0.0829. The highest BCUT2D eigenvalue weighted by Gasteiger charge is 2.30. The fraction of sp³-hybridized carbons (Fsp3) is 0.417. The highest BCUT2D eigenvalue weighted by Crippen LogP contribution is 2.39. The summed E-state index contributed by atoms with van der Waals surface area (Å²) in [5, 5.41) is 3.18. The molecule has 0 saturated carbocycles. The molecule has 16 heavy (non-hydrogen) atoms. The molecule has 1 N–H and O–H groups in total. The maximum Gasteiger partial charge on any atom is 0.249 e. The van der Waals surface area contributed by atoms with Crippen molar-refractivity contribution in [3.63, 3.8) is 0 Å². The Hall–Kier alpha value is -1.71. The molecule has 0 fully saturated rings. The first-order chi connectivity index (χ1) is 7.69. The number of nitrogens with one attached hydrogen (secondary N) is 1. The first kappa shape index (κ1) is 10.8. The summed E-state index contributed by atoms with van der Waals surface area (Å²) >= 11 is 0. The van der Waals surface area contributed by atoms with Crippen LogP contribution in [-0.2, 0) is 4.79 Å². The van der Waals surface area contributed by atoms with Crippen LogP contribution in [0.25, 0.3) is 0 Å². The van der Waals surface area contributed by atoms with Crippen molar-refractivity contribution < 1.29 is 9.53 Å². The molecule has 0 aliphatic carbocycles. The Labute approximate surface area is 95.2 Å². The molecule has 1 heterocycles. The van der Waals surface area contributed by atoms with Gasteiger partial charge in [-0.05, 0) is 26.0 Å². The number of ether oxygens (including phenoxy) is 1. The van der Waals surface area contributed by atoms with E-state index in [2.05, 4.69) is 5.32 Å². The van der Waals surface area contributed by atoms with Crippen molar-refractivity contribution in [1.29, 1.82) is 0 Å². The molecule has 1 aromatic carbocycles. The Morgan fingerprint density at radius 1 is 1.50 bits per heavy atom. The Kier molecular flexibility index (Phi) is 2.73. The highest BCUT2D eigenvalue weighted by atomic mass is 16.5. The molecule has 1 unspecified atom stereocenters. The molecule has 86 valence electrons. The molecule has 0 saturated heterocycles. The van der Waals surface area contributed by atoms with Gasteiger partial charge in [0.05, 0.1) is 12.8 Å². The quantitative estimate of drug-likeness (QED) is 0.827. The molecule has 0 radical (unpaired) electrons. The van der Waals surface area contributed by atoms with Crippen LogP contribution in [0.3, 0.4) is 0 Å². The van der Waals surface area contributed by atoms with Crippen LogP contribution in [0.2, 0.25) is 0 Å². The van der Waals surface area contributed by atoms with Gasteiger partial charge in [0.2, 0.25) is 5.91 Å². The number of para-hydroxylation sites is 1. The molecule has 1 atom stereocenters. The van der Waals surface area contributed by atoms with Crippen LogP contribution in [0.15, 0.2) is 18.2 Å². The minimum atomic E-state index is -0.181. The summed E-state index contributed by atoms with van der Waals surface area (Å²) in [4.78, 5) is 13.8. The van der Waals surface area contributed by atoms with Crippen LogP contribution >= 0.6 is 0 Å². The molecule has 1 aliphatic heterocycles. The molecule has 1 aromatic rings. The van der Waals surface area contributed by atoms with Crippen molar-refractivity contribution in [1.82, 2.24) is 0 Å². The van der Waals surface area contributed by atoms with Gasteiger partial charge in [0.1, 0.15) is 17.5 Å². The number of benzene rings is 1. The molecule has 2 rings (SSSR count). The van der Waals surface area contributed by atoms with Crippen LogP contribution in [-0.4, -0.2) is 25.6 Å². The van der Waals surface area contributed by atoms with Crippen molar-refractivity contribution in [2.24, 2.45) is 0 Å².